The number of urea groups is 1. The van der Waals surface area contributed by atoms with Crippen LogP contribution in [0.3, 0.4) is 0 Å². The Morgan fingerprint density at radius 2 is 1.84 bits per heavy atom. The maximum Gasteiger partial charge on any atom is 0.321 e. The zero-order chi connectivity index (χ0) is 29.8. The van der Waals surface area contributed by atoms with E-state index < -0.39 is 0 Å². The SMILES string of the molecule is Cc1cccc(NC(=O)N2CCC(CC(=O)Nc3ccc4cc3CCc3cncc(c3)Nc3ncc(Cl)c(n3)N4)CC2)c1. The van der Waals surface area contributed by atoms with Crippen molar-refractivity contribution < 1.29 is 9.59 Å². The number of hydrogen-bond acceptors (Lipinski definition) is 7. The fourth-order valence-corrected chi connectivity index (χ4v) is 5.62. The van der Waals surface area contributed by atoms with Gasteiger partial charge in [-0.25, -0.2) is 9.78 Å². The molecule has 220 valence electrons. The normalized spacial score (nSPS) is 14.7. The summed E-state index contributed by atoms with van der Waals surface area (Å²) in [4.78, 5) is 40.9. The minimum Gasteiger partial charge on any atom is -0.339 e. The number of aryl methyl sites for hydroxylation is 3. The molecule has 6 rings (SSSR count). The molecule has 0 atom stereocenters. The summed E-state index contributed by atoms with van der Waals surface area (Å²) in [5.74, 6) is 1.07. The van der Waals surface area contributed by atoms with Gasteiger partial charge in [-0.15, -0.1) is 0 Å². The quantitative estimate of drug-likeness (QED) is 0.207. The minimum atomic E-state index is -0.0989. The number of likely N-dealkylation sites (tertiary alicyclic amines) is 1. The van der Waals surface area contributed by atoms with Crippen LogP contribution in [0.5, 0.6) is 0 Å². The van der Waals surface area contributed by atoms with Crippen LogP contribution < -0.4 is 21.3 Å². The summed E-state index contributed by atoms with van der Waals surface area (Å²) < 4.78 is 0. The van der Waals surface area contributed by atoms with Gasteiger partial charge >= 0.3 is 6.03 Å². The third-order valence-electron chi connectivity index (χ3n) is 7.77. The van der Waals surface area contributed by atoms with E-state index in [4.69, 9.17) is 11.6 Å². The number of nitrogens with zero attached hydrogens (tertiary/aromatic N) is 4. The van der Waals surface area contributed by atoms with Gasteiger partial charge in [-0.2, -0.15) is 4.98 Å². The zero-order valence-electron chi connectivity index (χ0n) is 23.9. The van der Waals surface area contributed by atoms with E-state index in [-0.39, 0.29) is 17.9 Å². The molecule has 4 heterocycles. The summed E-state index contributed by atoms with van der Waals surface area (Å²) in [6, 6.07) is 15.5. The number of piperidine rings is 1. The molecular weight excluding hydrogens is 564 g/mol. The van der Waals surface area contributed by atoms with Crippen molar-refractivity contribution in [3.8, 4) is 0 Å². The second kappa shape index (κ2) is 12.7. The molecule has 43 heavy (non-hydrogen) atoms. The summed E-state index contributed by atoms with van der Waals surface area (Å²) in [5.41, 5.74) is 6.29. The molecule has 4 aromatic rings. The Balaban J connectivity index is 1.10. The second-order valence-electron chi connectivity index (χ2n) is 11.1. The molecule has 6 bridgehead atoms. The van der Waals surface area contributed by atoms with Gasteiger partial charge in [0.1, 0.15) is 5.02 Å². The number of anilines is 6. The van der Waals surface area contributed by atoms with E-state index in [0.29, 0.717) is 42.7 Å². The van der Waals surface area contributed by atoms with Crippen LogP contribution in [-0.4, -0.2) is 44.9 Å². The molecule has 0 saturated carbocycles. The summed E-state index contributed by atoms with van der Waals surface area (Å²) in [5, 5.41) is 13.0. The van der Waals surface area contributed by atoms with Crippen molar-refractivity contribution in [2.24, 2.45) is 5.92 Å². The highest BCUT2D eigenvalue weighted by Crippen LogP contribution is 2.30. The van der Waals surface area contributed by atoms with Crippen molar-refractivity contribution in [1.82, 2.24) is 19.9 Å². The first kappa shape index (κ1) is 28.4. The highest BCUT2D eigenvalue weighted by molar-refractivity contribution is 6.32. The number of amides is 3. The number of rotatable bonds is 4. The smallest absolute Gasteiger partial charge is 0.321 e. The zero-order valence-corrected chi connectivity index (χ0v) is 24.6. The first-order valence-corrected chi connectivity index (χ1v) is 14.8. The van der Waals surface area contributed by atoms with E-state index in [0.717, 1.165) is 58.7 Å². The Bertz CT molecular complexity index is 1650. The van der Waals surface area contributed by atoms with Gasteiger partial charge in [-0.05, 0) is 91.6 Å². The second-order valence-corrected chi connectivity index (χ2v) is 11.5. The van der Waals surface area contributed by atoms with Crippen LogP contribution in [-0.2, 0) is 17.6 Å². The standard InChI is InChI=1S/C32H33ClN8O2/c1-20-3-2-4-24(13-20)38-32(43)41-11-9-21(10-12-41)15-29(42)39-28-8-7-25-16-23(28)6-5-22-14-26(18-34-17-22)37-31-35-19-27(33)30(36-25)40-31/h2-4,7-8,13-14,16-19,21H,5-6,9-12,15H2,1H3,(H,38,43)(H,39,42)(H2,35,36,37,40). The Labute approximate surface area is 255 Å². The van der Waals surface area contributed by atoms with Crippen LogP contribution in [0.2, 0.25) is 5.02 Å². The lowest BCUT2D eigenvalue weighted by atomic mass is 9.93. The predicted octanol–water partition coefficient (Wildman–Crippen LogP) is 6.69. The summed E-state index contributed by atoms with van der Waals surface area (Å²) in [7, 11) is 0. The first-order valence-electron chi connectivity index (χ1n) is 14.4. The van der Waals surface area contributed by atoms with Gasteiger partial charge in [0.25, 0.3) is 0 Å². The lowest BCUT2D eigenvalue weighted by molar-refractivity contribution is -0.117. The molecule has 10 nitrogen and oxygen atoms in total. The van der Waals surface area contributed by atoms with Gasteiger partial charge in [0.05, 0.1) is 18.1 Å². The molecule has 2 aromatic heterocycles. The van der Waals surface area contributed by atoms with Crippen molar-refractivity contribution in [3.05, 3.63) is 88.8 Å². The Morgan fingerprint density at radius 1 is 0.977 bits per heavy atom. The minimum absolute atomic E-state index is 0.0288. The fraction of sp³-hybridized carbons (Fsp3) is 0.281. The summed E-state index contributed by atoms with van der Waals surface area (Å²) >= 11 is 6.38. The van der Waals surface area contributed by atoms with Crippen LogP contribution in [0.25, 0.3) is 0 Å². The average Bonchev–Trinajstić information content (AvgIpc) is 2.99. The van der Waals surface area contributed by atoms with Gasteiger partial charge in [-0.1, -0.05) is 23.7 Å². The predicted molar refractivity (Wildman–Crippen MR) is 169 cm³/mol. The molecule has 4 N–H and O–H groups in total. The van der Waals surface area contributed by atoms with Gasteiger partial charge in [0.15, 0.2) is 5.82 Å². The third kappa shape index (κ3) is 7.21. The number of carbonyl (C=O) groups is 2. The third-order valence-corrected chi connectivity index (χ3v) is 8.04. The molecule has 2 aromatic carbocycles. The van der Waals surface area contributed by atoms with Crippen LogP contribution >= 0.6 is 11.6 Å². The Hall–Kier alpha value is -4.70. The van der Waals surface area contributed by atoms with Crippen molar-refractivity contribution >= 4 is 58.1 Å². The molecule has 0 unspecified atom stereocenters. The fourth-order valence-electron chi connectivity index (χ4n) is 5.48. The molecular formula is C32H33ClN8O2. The number of hydrogen-bond donors (Lipinski definition) is 4. The monoisotopic (exact) mass is 596 g/mol. The van der Waals surface area contributed by atoms with E-state index in [1.165, 1.54) is 0 Å². The van der Waals surface area contributed by atoms with Crippen LogP contribution in [0.4, 0.5) is 39.3 Å². The lowest BCUT2D eigenvalue weighted by Crippen LogP contribution is -2.41. The number of benzene rings is 2. The number of carbonyl (C=O) groups excluding carboxylic acids is 2. The highest BCUT2D eigenvalue weighted by Gasteiger charge is 2.25. The van der Waals surface area contributed by atoms with Gasteiger partial charge in [-0.3, -0.25) is 9.78 Å². The Morgan fingerprint density at radius 3 is 2.67 bits per heavy atom. The van der Waals surface area contributed by atoms with E-state index in [2.05, 4.69) is 36.2 Å². The molecule has 3 amide bonds. The largest absolute Gasteiger partial charge is 0.339 e. The average molecular weight is 597 g/mol. The van der Waals surface area contributed by atoms with E-state index >= 15 is 0 Å². The number of pyridine rings is 1. The number of nitrogens with one attached hydrogen (secondary N) is 4. The topological polar surface area (TPSA) is 124 Å². The highest BCUT2D eigenvalue weighted by atomic mass is 35.5. The molecule has 2 aliphatic heterocycles. The van der Waals surface area contributed by atoms with Crippen molar-refractivity contribution in [2.75, 3.05) is 34.4 Å². The van der Waals surface area contributed by atoms with E-state index in [1.54, 1.807) is 12.4 Å². The van der Waals surface area contributed by atoms with Crippen LogP contribution in [0, 0.1) is 12.8 Å². The first-order chi connectivity index (χ1) is 20.9. The van der Waals surface area contributed by atoms with Crippen molar-refractivity contribution in [3.63, 3.8) is 0 Å². The van der Waals surface area contributed by atoms with Gasteiger partial charge in [0, 0.05) is 42.8 Å². The summed E-state index contributed by atoms with van der Waals surface area (Å²) in [6.45, 7) is 3.24. The molecule has 0 aliphatic carbocycles. The van der Waals surface area contributed by atoms with Crippen molar-refractivity contribution in [1.29, 1.82) is 0 Å². The summed E-state index contributed by atoms with van der Waals surface area (Å²) in [6.07, 6.45) is 8.51. The molecule has 11 heteroatoms. The molecule has 2 aliphatic rings. The van der Waals surface area contributed by atoms with Crippen LogP contribution in [0.1, 0.15) is 36.0 Å². The number of fused-ring (bicyclic) bond motifs is 6. The van der Waals surface area contributed by atoms with Crippen LogP contribution in [0.15, 0.2) is 67.1 Å². The Kier molecular flexibility index (Phi) is 8.37. The molecule has 1 saturated heterocycles. The molecule has 0 spiro atoms. The number of halogens is 1. The van der Waals surface area contributed by atoms with Gasteiger partial charge in [0.2, 0.25) is 11.9 Å². The van der Waals surface area contributed by atoms with Gasteiger partial charge < -0.3 is 26.2 Å². The molecule has 0 radical (unpaired) electrons. The lowest BCUT2D eigenvalue weighted by Gasteiger charge is -2.31. The van der Waals surface area contributed by atoms with E-state index in [1.807, 2.05) is 66.6 Å². The van der Waals surface area contributed by atoms with Crippen molar-refractivity contribution in [2.45, 2.75) is 39.0 Å². The maximum atomic E-state index is 13.2. The molecule has 1 fully saturated rings. The maximum absolute atomic E-state index is 13.2. The number of aromatic nitrogens is 3. The van der Waals surface area contributed by atoms with E-state index in [9.17, 15) is 9.59 Å².